The Bertz CT molecular complexity index is 625. The number of aromatic amines is 1. The predicted octanol–water partition coefficient (Wildman–Crippen LogP) is 0.270. The first-order valence-corrected chi connectivity index (χ1v) is 8.41. The Morgan fingerprint density at radius 1 is 1.43 bits per heavy atom. The first-order chi connectivity index (χ1) is 10.4. The Labute approximate surface area is 141 Å². The summed E-state index contributed by atoms with van der Waals surface area (Å²) in [5.41, 5.74) is -0.294. The van der Waals surface area contributed by atoms with Crippen LogP contribution in [-0.4, -0.2) is 58.8 Å². The number of ether oxygens (including phenoxy) is 2. The molecule has 1 atom stereocenters. The third-order valence-electron chi connectivity index (χ3n) is 3.73. The van der Waals surface area contributed by atoms with Crippen LogP contribution in [0, 0.1) is 0 Å². The molecule has 2 rings (SSSR count). The lowest BCUT2D eigenvalue weighted by Gasteiger charge is -2.28. The molecule has 1 aliphatic rings. The zero-order chi connectivity index (χ0) is 16.2. The number of aromatic nitrogens is 1. The van der Waals surface area contributed by atoms with Gasteiger partial charge in [-0.25, -0.2) is 17.9 Å². The molecule has 1 aliphatic heterocycles. The number of hydrogen-bond acceptors (Lipinski definition) is 6. The van der Waals surface area contributed by atoms with Gasteiger partial charge in [-0.3, -0.25) is 0 Å². The first kappa shape index (κ1) is 19.9. The van der Waals surface area contributed by atoms with Gasteiger partial charge in [0.15, 0.2) is 0 Å². The average molecular weight is 368 g/mol. The normalized spacial score (nSPS) is 21.0. The van der Waals surface area contributed by atoms with E-state index in [1.165, 1.54) is 19.4 Å². The SMILES string of the molecule is COCC1(CNS(=O)(=O)c2c[nH]c(C(=O)OC)c2)CCCN1.Cl. The summed E-state index contributed by atoms with van der Waals surface area (Å²) in [5.74, 6) is -0.616. The van der Waals surface area contributed by atoms with Gasteiger partial charge in [0, 0.05) is 19.9 Å². The first-order valence-electron chi connectivity index (χ1n) is 6.93. The van der Waals surface area contributed by atoms with E-state index < -0.39 is 16.0 Å². The number of hydrogen-bond donors (Lipinski definition) is 3. The Morgan fingerprint density at radius 2 is 2.17 bits per heavy atom. The zero-order valence-electron chi connectivity index (χ0n) is 13.0. The van der Waals surface area contributed by atoms with E-state index in [9.17, 15) is 13.2 Å². The molecule has 3 N–H and O–H groups in total. The van der Waals surface area contributed by atoms with E-state index >= 15 is 0 Å². The lowest BCUT2D eigenvalue weighted by molar-refractivity contribution is 0.0594. The molecule has 0 aromatic carbocycles. The Balaban J connectivity index is 0.00000264. The van der Waals surface area contributed by atoms with E-state index in [2.05, 4.69) is 19.8 Å². The number of carbonyl (C=O) groups is 1. The van der Waals surface area contributed by atoms with Gasteiger partial charge in [0.05, 0.1) is 19.3 Å². The monoisotopic (exact) mass is 367 g/mol. The van der Waals surface area contributed by atoms with E-state index in [1.807, 2.05) is 0 Å². The van der Waals surface area contributed by atoms with Crippen molar-refractivity contribution >= 4 is 28.4 Å². The van der Waals surface area contributed by atoms with Gasteiger partial charge in [-0.1, -0.05) is 0 Å². The number of esters is 1. The number of H-pyrrole nitrogens is 1. The van der Waals surface area contributed by atoms with Crippen molar-refractivity contribution in [2.45, 2.75) is 23.3 Å². The van der Waals surface area contributed by atoms with Gasteiger partial charge in [-0.05, 0) is 25.5 Å². The number of methoxy groups -OCH3 is 2. The molecule has 1 fully saturated rings. The maximum atomic E-state index is 12.3. The summed E-state index contributed by atoms with van der Waals surface area (Å²) in [4.78, 5) is 14.0. The lowest BCUT2D eigenvalue weighted by Crippen LogP contribution is -2.52. The largest absolute Gasteiger partial charge is 0.464 e. The Kier molecular flexibility index (Phi) is 7.02. The van der Waals surface area contributed by atoms with E-state index in [-0.39, 0.29) is 35.1 Å². The van der Waals surface area contributed by atoms with Gasteiger partial charge >= 0.3 is 5.97 Å². The van der Waals surface area contributed by atoms with Crippen LogP contribution in [0.3, 0.4) is 0 Å². The molecular formula is C13H22ClN3O5S. The molecule has 8 nitrogen and oxygen atoms in total. The number of halogens is 1. The van der Waals surface area contributed by atoms with Crippen LogP contribution < -0.4 is 10.0 Å². The highest BCUT2D eigenvalue weighted by atomic mass is 35.5. The minimum absolute atomic E-state index is 0. The van der Waals surface area contributed by atoms with Crippen molar-refractivity contribution in [2.24, 2.45) is 0 Å². The number of sulfonamides is 1. The van der Waals surface area contributed by atoms with Gasteiger partial charge in [-0.2, -0.15) is 0 Å². The third kappa shape index (κ3) is 4.67. The van der Waals surface area contributed by atoms with Gasteiger partial charge in [0.2, 0.25) is 10.0 Å². The fourth-order valence-electron chi connectivity index (χ4n) is 2.54. The average Bonchev–Trinajstić information content (AvgIpc) is 3.15. The molecule has 0 amide bonds. The molecule has 0 bridgehead atoms. The van der Waals surface area contributed by atoms with Crippen LogP contribution in [0.5, 0.6) is 0 Å². The summed E-state index contributed by atoms with van der Waals surface area (Å²) in [6.07, 6.45) is 3.07. The standard InChI is InChI=1S/C13H21N3O5S.ClH/c1-20-9-13(4-3-5-15-13)8-16-22(18,19)10-6-11(14-7-10)12(17)21-2;/h6-7,14-16H,3-5,8-9H2,1-2H3;1H. The van der Waals surface area contributed by atoms with Crippen LogP contribution in [-0.2, 0) is 19.5 Å². The van der Waals surface area contributed by atoms with Gasteiger partial charge in [0.25, 0.3) is 0 Å². The highest BCUT2D eigenvalue weighted by Crippen LogP contribution is 2.20. The molecule has 1 aromatic rings. The van der Waals surface area contributed by atoms with Crippen LogP contribution >= 0.6 is 12.4 Å². The van der Waals surface area contributed by atoms with Crippen molar-refractivity contribution in [3.05, 3.63) is 18.0 Å². The summed E-state index contributed by atoms with van der Waals surface area (Å²) in [6, 6.07) is 1.25. The van der Waals surface area contributed by atoms with E-state index in [0.717, 1.165) is 19.4 Å². The van der Waals surface area contributed by atoms with Crippen LogP contribution in [0.4, 0.5) is 0 Å². The zero-order valence-corrected chi connectivity index (χ0v) is 14.7. The maximum absolute atomic E-state index is 12.3. The van der Waals surface area contributed by atoms with Crippen molar-refractivity contribution in [2.75, 3.05) is 33.9 Å². The van der Waals surface area contributed by atoms with E-state index in [1.54, 1.807) is 7.11 Å². The third-order valence-corrected chi connectivity index (χ3v) is 5.11. The van der Waals surface area contributed by atoms with Crippen molar-refractivity contribution in [3.8, 4) is 0 Å². The van der Waals surface area contributed by atoms with Crippen LogP contribution in [0.25, 0.3) is 0 Å². The summed E-state index contributed by atoms with van der Waals surface area (Å²) in [7, 11) is -0.889. The molecule has 1 unspecified atom stereocenters. The second-order valence-electron chi connectivity index (χ2n) is 5.31. The second kappa shape index (κ2) is 8.11. The molecule has 0 saturated carbocycles. The summed E-state index contributed by atoms with van der Waals surface area (Å²) in [5, 5.41) is 3.29. The van der Waals surface area contributed by atoms with E-state index in [4.69, 9.17) is 4.74 Å². The number of rotatable bonds is 7. The van der Waals surface area contributed by atoms with E-state index in [0.29, 0.717) is 6.61 Å². The second-order valence-corrected chi connectivity index (χ2v) is 7.08. The molecule has 10 heteroatoms. The number of carbonyl (C=O) groups excluding carboxylic acids is 1. The van der Waals surface area contributed by atoms with Crippen LogP contribution in [0.2, 0.25) is 0 Å². The quantitative estimate of drug-likeness (QED) is 0.597. The van der Waals surface area contributed by atoms with Gasteiger partial charge < -0.3 is 19.8 Å². The van der Waals surface area contributed by atoms with Gasteiger partial charge in [0.1, 0.15) is 10.6 Å². The minimum Gasteiger partial charge on any atom is -0.464 e. The minimum atomic E-state index is -3.71. The maximum Gasteiger partial charge on any atom is 0.354 e. The number of nitrogens with one attached hydrogen (secondary N) is 3. The molecule has 1 aromatic heterocycles. The van der Waals surface area contributed by atoms with Crippen LogP contribution in [0.15, 0.2) is 17.2 Å². The summed E-state index contributed by atoms with van der Waals surface area (Å²) >= 11 is 0. The molecule has 0 spiro atoms. The summed E-state index contributed by atoms with van der Waals surface area (Å²) < 4.78 is 36.9. The van der Waals surface area contributed by atoms with Crippen LogP contribution in [0.1, 0.15) is 23.3 Å². The highest BCUT2D eigenvalue weighted by molar-refractivity contribution is 7.89. The highest BCUT2D eigenvalue weighted by Gasteiger charge is 2.35. The molecular weight excluding hydrogens is 346 g/mol. The predicted molar refractivity (Wildman–Crippen MR) is 86.4 cm³/mol. The fraction of sp³-hybridized carbons (Fsp3) is 0.615. The topological polar surface area (TPSA) is 110 Å². The molecule has 132 valence electrons. The molecule has 0 aliphatic carbocycles. The molecule has 0 radical (unpaired) electrons. The summed E-state index contributed by atoms with van der Waals surface area (Å²) in [6.45, 7) is 1.49. The van der Waals surface area contributed by atoms with Crippen molar-refractivity contribution < 1.29 is 22.7 Å². The van der Waals surface area contributed by atoms with Crippen molar-refractivity contribution in [3.63, 3.8) is 0 Å². The molecule has 1 saturated heterocycles. The fourth-order valence-corrected chi connectivity index (χ4v) is 3.66. The molecule has 23 heavy (non-hydrogen) atoms. The lowest BCUT2D eigenvalue weighted by atomic mass is 9.99. The van der Waals surface area contributed by atoms with Crippen molar-refractivity contribution in [1.29, 1.82) is 0 Å². The molecule has 2 heterocycles. The van der Waals surface area contributed by atoms with Crippen molar-refractivity contribution in [1.82, 2.24) is 15.0 Å². The smallest absolute Gasteiger partial charge is 0.354 e. The Hall–Kier alpha value is -1.13. The Morgan fingerprint density at radius 3 is 2.74 bits per heavy atom. The van der Waals surface area contributed by atoms with Gasteiger partial charge in [-0.15, -0.1) is 12.4 Å².